The Kier molecular flexibility index (Phi) is 5.20. The predicted molar refractivity (Wildman–Crippen MR) is 104 cm³/mol. The summed E-state index contributed by atoms with van der Waals surface area (Å²) in [5, 5.41) is 8.19. The zero-order chi connectivity index (χ0) is 18.6. The highest BCUT2D eigenvalue weighted by Gasteiger charge is 2.24. The van der Waals surface area contributed by atoms with Crippen molar-refractivity contribution >= 4 is 0 Å². The van der Waals surface area contributed by atoms with Crippen LogP contribution < -0.4 is 11.0 Å². The van der Waals surface area contributed by atoms with Crippen LogP contribution in [0.15, 0.2) is 47.5 Å². The van der Waals surface area contributed by atoms with Gasteiger partial charge in [0.1, 0.15) is 11.6 Å². The number of nitrogens with zero attached hydrogens (tertiary/aromatic N) is 5. The summed E-state index contributed by atoms with van der Waals surface area (Å²) in [5.74, 6) is 2.15. The molecule has 27 heavy (non-hydrogen) atoms. The lowest BCUT2D eigenvalue weighted by molar-refractivity contribution is 0.436. The van der Waals surface area contributed by atoms with E-state index in [0.717, 1.165) is 49.7 Å². The third kappa shape index (κ3) is 3.60. The predicted octanol–water partition coefficient (Wildman–Crippen LogP) is 1.96. The minimum absolute atomic E-state index is 0.0695. The van der Waals surface area contributed by atoms with Crippen molar-refractivity contribution in [1.82, 2.24) is 29.2 Å². The number of rotatable bonds is 6. The van der Waals surface area contributed by atoms with Gasteiger partial charge >= 0.3 is 5.69 Å². The van der Waals surface area contributed by atoms with E-state index in [1.807, 2.05) is 42.7 Å². The van der Waals surface area contributed by atoms with Crippen molar-refractivity contribution in [2.24, 2.45) is 0 Å². The van der Waals surface area contributed by atoms with Crippen LogP contribution in [0.2, 0.25) is 0 Å². The molecule has 0 amide bonds. The molecule has 0 spiro atoms. The van der Waals surface area contributed by atoms with Gasteiger partial charge in [0.25, 0.3) is 0 Å². The molecule has 1 saturated heterocycles. The van der Waals surface area contributed by atoms with E-state index in [1.165, 1.54) is 0 Å². The quantitative estimate of drug-likeness (QED) is 0.724. The summed E-state index contributed by atoms with van der Waals surface area (Å²) < 4.78 is 5.48. The number of piperidine rings is 1. The van der Waals surface area contributed by atoms with Crippen LogP contribution in [-0.4, -0.2) is 37.0 Å². The third-order valence-corrected chi connectivity index (χ3v) is 5.21. The first-order chi connectivity index (χ1) is 13.3. The summed E-state index contributed by atoms with van der Waals surface area (Å²) in [6, 6.07) is 9.82. The van der Waals surface area contributed by atoms with Crippen molar-refractivity contribution < 1.29 is 0 Å². The van der Waals surface area contributed by atoms with Crippen molar-refractivity contribution in [3.05, 3.63) is 64.9 Å². The molecule has 0 aliphatic carbocycles. The second-order valence-electron chi connectivity index (χ2n) is 6.97. The smallest absolute Gasteiger partial charge is 0.333 e. The van der Waals surface area contributed by atoms with Gasteiger partial charge in [-0.15, -0.1) is 0 Å². The van der Waals surface area contributed by atoms with Crippen LogP contribution in [0.5, 0.6) is 0 Å². The maximum atomic E-state index is 13.2. The van der Waals surface area contributed by atoms with Gasteiger partial charge in [-0.2, -0.15) is 5.10 Å². The van der Waals surface area contributed by atoms with Gasteiger partial charge in [-0.1, -0.05) is 25.1 Å². The molecule has 1 fully saturated rings. The number of nitrogens with one attached hydrogen (secondary N) is 1. The number of imidazole rings is 1. The topological polar surface area (TPSA) is 69.7 Å². The fraction of sp³-hybridized carbons (Fsp3) is 0.450. The highest BCUT2D eigenvalue weighted by molar-refractivity contribution is 5.33. The molecule has 0 saturated carbocycles. The molecule has 4 rings (SSSR count). The van der Waals surface area contributed by atoms with E-state index in [-0.39, 0.29) is 11.6 Å². The summed E-state index contributed by atoms with van der Waals surface area (Å²) >= 11 is 0. The Hall–Kier alpha value is -2.67. The maximum Gasteiger partial charge on any atom is 0.350 e. The first-order valence-corrected chi connectivity index (χ1v) is 9.74. The number of hydrogen-bond donors (Lipinski definition) is 1. The van der Waals surface area contributed by atoms with E-state index in [4.69, 9.17) is 5.10 Å². The normalized spacial score (nSPS) is 17.3. The Balaban J connectivity index is 1.68. The fourth-order valence-electron chi connectivity index (χ4n) is 3.79. The van der Waals surface area contributed by atoms with Gasteiger partial charge in [-0.3, -0.25) is 0 Å². The molecule has 3 aromatic rings. The molecule has 1 aromatic carbocycles. The highest BCUT2D eigenvalue weighted by atomic mass is 16.2. The third-order valence-electron chi connectivity index (χ3n) is 5.21. The number of para-hydroxylation sites is 1. The SMILES string of the molecule is CCc1nccn1CCn1nc([C@H]2CCCNC2)n(-c2ccccc2)c1=O. The molecule has 7 heteroatoms. The summed E-state index contributed by atoms with van der Waals surface area (Å²) in [4.78, 5) is 17.5. The average molecular weight is 366 g/mol. The number of aryl methyl sites for hydroxylation is 3. The van der Waals surface area contributed by atoms with Crippen molar-refractivity contribution in [3.8, 4) is 5.69 Å². The molecule has 7 nitrogen and oxygen atoms in total. The van der Waals surface area contributed by atoms with Crippen LogP contribution in [-0.2, 0) is 19.5 Å². The van der Waals surface area contributed by atoms with E-state index in [1.54, 1.807) is 9.25 Å². The fourth-order valence-corrected chi connectivity index (χ4v) is 3.79. The van der Waals surface area contributed by atoms with Gasteiger partial charge in [-0.05, 0) is 31.5 Å². The van der Waals surface area contributed by atoms with Crippen molar-refractivity contribution in [1.29, 1.82) is 0 Å². The van der Waals surface area contributed by atoms with Crippen LogP contribution in [0.3, 0.4) is 0 Å². The van der Waals surface area contributed by atoms with Gasteiger partial charge in [0.15, 0.2) is 0 Å². The molecular weight excluding hydrogens is 340 g/mol. The Morgan fingerprint density at radius 1 is 1.22 bits per heavy atom. The lowest BCUT2D eigenvalue weighted by Gasteiger charge is -2.22. The van der Waals surface area contributed by atoms with Gasteiger partial charge in [-0.25, -0.2) is 19.0 Å². The van der Waals surface area contributed by atoms with Crippen LogP contribution in [0.25, 0.3) is 5.69 Å². The van der Waals surface area contributed by atoms with Gasteiger partial charge < -0.3 is 9.88 Å². The summed E-state index contributed by atoms with van der Waals surface area (Å²) in [7, 11) is 0. The van der Waals surface area contributed by atoms with Crippen LogP contribution in [0, 0.1) is 0 Å². The number of aromatic nitrogens is 5. The van der Waals surface area contributed by atoms with Gasteiger partial charge in [0.05, 0.1) is 12.2 Å². The van der Waals surface area contributed by atoms with Gasteiger partial charge in [0.2, 0.25) is 0 Å². The minimum Gasteiger partial charge on any atom is -0.333 e. The monoisotopic (exact) mass is 366 g/mol. The summed E-state index contributed by atoms with van der Waals surface area (Å²) in [6.45, 7) is 5.22. The molecule has 1 N–H and O–H groups in total. The van der Waals surface area contributed by atoms with E-state index >= 15 is 0 Å². The second kappa shape index (κ2) is 7.92. The Morgan fingerprint density at radius 2 is 2.07 bits per heavy atom. The highest BCUT2D eigenvalue weighted by Crippen LogP contribution is 2.22. The second-order valence-corrected chi connectivity index (χ2v) is 6.97. The molecular formula is C20H26N6O. The summed E-state index contributed by atoms with van der Waals surface area (Å²) in [5.41, 5.74) is 0.811. The Morgan fingerprint density at radius 3 is 2.81 bits per heavy atom. The Labute approximate surface area is 158 Å². The lowest BCUT2D eigenvalue weighted by atomic mass is 9.99. The standard InChI is InChI=1S/C20H26N6O/c1-2-18-22-11-12-24(18)13-14-25-20(27)26(17-8-4-3-5-9-17)19(23-25)16-7-6-10-21-15-16/h3-5,8-9,11-12,16,21H,2,6-7,10,13-15H2,1H3/t16-/m0/s1. The van der Waals surface area contributed by atoms with Gasteiger partial charge in [0, 0.05) is 37.8 Å². The van der Waals surface area contributed by atoms with E-state index in [2.05, 4.69) is 21.8 Å². The zero-order valence-electron chi connectivity index (χ0n) is 15.7. The molecule has 0 unspecified atom stereocenters. The van der Waals surface area contributed by atoms with E-state index in [9.17, 15) is 4.79 Å². The van der Waals surface area contributed by atoms with Crippen LogP contribution >= 0.6 is 0 Å². The van der Waals surface area contributed by atoms with Crippen LogP contribution in [0.1, 0.15) is 37.3 Å². The first kappa shape index (κ1) is 17.7. The molecule has 1 aliphatic heterocycles. The number of benzene rings is 1. The Bertz CT molecular complexity index is 933. The minimum atomic E-state index is -0.0695. The van der Waals surface area contributed by atoms with E-state index < -0.39 is 0 Å². The van der Waals surface area contributed by atoms with Crippen molar-refractivity contribution in [2.75, 3.05) is 13.1 Å². The van der Waals surface area contributed by atoms with Crippen molar-refractivity contribution in [3.63, 3.8) is 0 Å². The maximum absolute atomic E-state index is 13.2. The molecule has 2 aromatic heterocycles. The first-order valence-electron chi connectivity index (χ1n) is 9.74. The zero-order valence-corrected chi connectivity index (χ0v) is 15.7. The molecule has 1 aliphatic rings. The van der Waals surface area contributed by atoms with E-state index in [0.29, 0.717) is 13.1 Å². The molecule has 142 valence electrons. The summed E-state index contributed by atoms with van der Waals surface area (Å²) in [6.07, 6.45) is 6.81. The van der Waals surface area contributed by atoms with Crippen molar-refractivity contribution in [2.45, 2.75) is 45.2 Å². The lowest BCUT2D eigenvalue weighted by Crippen LogP contribution is -2.31. The molecule has 3 heterocycles. The molecule has 0 radical (unpaired) electrons. The number of hydrogen-bond acceptors (Lipinski definition) is 4. The largest absolute Gasteiger partial charge is 0.350 e. The average Bonchev–Trinajstić information content (AvgIpc) is 3.31. The van der Waals surface area contributed by atoms with Crippen LogP contribution in [0.4, 0.5) is 0 Å². The molecule has 0 bridgehead atoms. The molecule has 1 atom stereocenters.